The van der Waals surface area contributed by atoms with Gasteiger partial charge in [-0.25, -0.2) is 14.8 Å². The van der Waals surface area contributed by atoms with Crippen LogP contribution in [0.4, 0.5) is 10.6 Å². The van der Waals surface area contributed by atoms with Gasteiger partial charge in [-0.2, -0.15) is 0 Å². The van der Waals surface area contributed by atoms with Crippen molar-refractivity contribution in [1.82, 2.24) is 29.6 Å². The zero-order valence-corrected chi connectivity index (χ0v) is 21.7. The number of para-hydroxylation sites is 1. The summed E-state index contributed by atoms with van der Waals surface area (Å²) in [6.07, 6.45) is 11.7. The van der Waals surface area contributed by atoms with Crippen molar-refractivity contribution < 1.29 is 4.79 Å². The molecule has 0 atom stereocenters. The predicted octanol–water partition coefficient (Wildman–Crippen LogP) is 5.93. The molecule has 5 aromatic rings. The van der Waals surface area contributed by atoms with E-state index in [1.54, 1.807) is 11.1 Å². The van der Waals surface area contributed by atoms with E-state index in [2.05, 4.69) is 50.0 Å². The first-order valence-corrected chi connectivity index (χ1v) is 13.6. The van der Waals surface area contributed by atoms with Crippen molar-refractivity contribution in [2.24, 2.45) is 5.92 Å². The van der Waals surface area contributed by atoms with E-state index in [9.17, 15) is 4.79 Å². The lowest BCUT2D eigenvalue weighted by Crippen LogP contribution is -2.40. The first-order chi connectivity index (χ1) is 19.1. The Kier molecular flexibility index (Phi) is 5.80. The van der Waals surface area contributed by atoms with Crippen LogP contribution >= 0.6 is 0 Å². The summed E-state index contributed by atoms with van der Waals surface area (Å²) in [4.78, 5) is 27.6. The Hall–Kier alpha value is -4.59. The number of aromatic nitrogens is 4. The lowest BCUT2D eigenvalue weighted by Gasteiger charge is -2.29. The van der Waals surface area contributed by atoms with Gasteiger partial charge in [0.05, 0.1) is 12.2 Å². The van der Waals surface area contributed by atoms with Crippen molar-refractivity contribution in [3.63, 3.8) is 0 Å². The number of nitrogens with zero attached hydrogens (tertiary/aromatic N) is 4. The topological polar surface area (TPSA) is 104 Å². The van der Waals surface area contributed by atoms with Gasteiger partial charge in [0.15, 0.2) is 0 Å². The molecule has 7 rings (SSSR count). The molecule has 8 heteroatoms. The Morgan fingerprint density at radius 1 is 1.08 bits per heavy atom. The maximum atomic E-state index is 12.8. The fourth-order valence-electron chi connectivity index (χ4n) is 6.11. The second-order valence-electron chi connectivity index (χ2n) is 10.7. The molecule has 2 amide bonds. The number of hydrogen-bond donors (Lipinski definition) is 3. The molecule has 39 heavy (non-hydrogen) atoms. The standard InChI is InChI=1S/C31H31N7O/c32-29-28-27(26-17-23-6-3-4-8-25(23)35-26)36-30(38(28)16-14-33-29)22-11-9-20(10-12-22)18-34-31(39)37-15-13-21-5-1-2-7-24(21)19-37/h1-8,13-17,20,22,35H,9-12,18-19H2,(H2,32,33)(H,34,39). The number of carbonyl (C=O) groups is 1. The van der Waals surface area contributed by atoms with Gasteiger partial charge in [-0.1, -0.05) is 42.5 Å². The molecule has 8 nitrogen and oxygen atoms in total. The molecule has 2 aliphatic rings. The van der Waals surface area contributed by atoms with Gasteiger partial charge in [-0.15, -0.1) is 0 Å². The number of fused-ring (bicyclic) bond motifs is 3. The van der Waals surface area contributed by atoms with E-state index in [0.29, 0.717) is 30.7 Å². The van der Waals surface area contributed by atoms with Crippen LogP contribution in [0.2, 0.25) is 0 Å². The summed E-state index contributed by atoms with van der Waals surface area (Å²) in [5.74, 6) is 2.30. The number of benzene rings is 2. The highest BCUT2D eigenvalue weighted by Crippen LogP contribution is 2.38. The third-order valence-electron chi connectivity index (χ3n) is 8.24. The van der Waals surface area contributed by atoms with Crippen LogP contribution in [0, 0.1) is 5.92 Å². The Balaban J connectivity index is 1.04. The molecule has 196 valence electrons. The number of urea groups is 1. The summed E-state index contributed by atoms with van der Waals surface area (Å²) < 4.78 is 2.12. The molecular weight excluding hydrogens is 486 g/mol. The number of anilines is 1. The van der Waals surface area contributed by atoms with E-state index in [1.807, 2.05) is 42.7 Å². The van der Waals surface area contributed by atoms with Crippen LogP contribution in [0.15, 0.2) is 73.2 Å². The number of nitrogen functional groups attached to an aromatic ring is 1. The number of H-pyrrole nitrogens is 1. The average Bonchev–Trinajstić information content (AvgIpc) is 3.59. The normalized spacial score (nSPS) is 18.9. The number of aromatic amines is 1. The predicted molar refractivity (Wildman–Crippen MR) is 154 cm³/mol. The largest absolute Gasteiger partial charge is 0.382 e. The van der Waals surface area contributed by atoms with Gasteiger partial charge in [0, 0.05) is 42.0 Å². The highest BCUT2D eigenvalue weighted by atomic mass is 16.2. The molecule has 0 unspecified atom stereocenters. The molecule has 4 heterocycles. The molecule has 4 N–H and O–H groups in total. The summed E-state index contributed by atoms with van der Waals surface area (Å²) in [6.45, 7) is 1.30. The minimum atomic E-state index is -0.0342. The van der Waals surface area contributed by atoms with Gasteiger partial charge in [-0.05, 0) is 60.9 Å². The smallest absolute Gasteiger partial charge is 0.321 e. The number of hydrogen-bond acceptors (Lipinski definition) is 4. The minimum Gasteiger partial charge on any atom is -0.382 e. The van der Waals surface area contributed by atoms with E-state index in [4.69, 9.17) is 10.7 Å². The summed E-state index contributed by atoms with van der Waals surface area (Å²) in [6, 6.07) is 18.5. The first kappa shape index (κ1) is 23.5. The van der Waals surface area contributed by atoms with E-state index in [1.165, 1.54) is 11.1 Å². The number of nitrogens with one attached hydrogen (secondary N) is 2. The SMILES string of the molecule is Nc1nccn2c(C3CCC(CNC(=O)N4C=Cc5ccccc5C4)CC3)nc(-c3cc4ccccc4[nH]3)c12. The van der Waals surface area contributed by atoms with Crippen LogP contribution in [-0.2, 0) is 6.54 Å². The van der Waals surface area contributed by atoms with E-state index < -0.39 is 0 Å². The molecule has 0 saturated heterocycles. The number of nitrogens with two attached hydrogens (primary N) is 1. The van der Waals surface area contributed by atoms with E-state index in [-0.39, 0.29) is 6.03 Å². The highest BCUT2D eigenvalue weighted by Gasteiger charge is 2.28. The van der Waals surface area contributed by atoms with Gasteiger partial charge in [0.1, 0.15) is 22.9 Å². The Morgan fingerprint density at radius 2 is 1.90 bits per heavy atom. The van der Waals surface area contributed by atoms with Crippen LogP contribution in [0.5, 0.6) is 0 Å². The third-order valence-corrected chi connectivity index (χ3v) is 8.24. The molecule has 1 aliphatic heterocycles. The number of rotatable bonds is 4. The highest BCUT2D eigenvalue weighted by molar-refractivity contribution is 5.91. The van der Waals surface area contributed by atoms with Crippen molar-refractivity contribution in [1.29, 1.82) is 0 Å². The van der Waals surface area contributed by atoms with Gasteiger partial charge in [-0.3, -0.25) is 9.30 Å². The van der Waals surface area contributed by atoms with Gasteiger partial charge < -0.3 is 16.0 Å². The Labute approximate surface area is 226 Å². The maximum Gasteiger partial charge on any atom is 0.321 e. The summed E-state index contributed by atoms with van der Waals surface area (Å²) in [5.41, 5.74) is 12.4. The number of carbonyl (C=O) groups excluding carboxylic acids is 1. The van der Waals surface area contributed by atoms with Crippen molar-refractivity contribution >= 4 is 34.3 Å². The zero-order chi connectivity index (χ0) is 26.3. The quantitative estimate of drug-likeness (QED) is 0.275. The molecule has 2 aromatic carbocycles. The number of amides is 2. The minimum absolute atomic E-state index is 0.0342. The summed E-state index contributed by atoms with van der Waals surface area (Å²) >= 11 is 0. The Morgan fingerprint density at radius 3 is 2.77 bits per heavy atom. The van der Waals surface area contributed by atoms with Gasteiger partial charge >= 0.3 is 6.03 Å². The monoisotopic (exact) mass is 517 g/mol. The maximum absolute atomic E-state index is 12.8. The molecule has 1 aliphatic carbocycles. The lowest BCUT2D eigenvalue weighted by atomic mass is 9.81. The van der Waals surface area contributed by atoms with Crippen molar-refractivity contribution in [2.45, 2.75) is 38.1 Å². The molecule has 0 bridgehead atoms. The average molecular weight is 518 g/mol. The zero-order valence-electron chi connectivity index (χ0n) is 21.7. The van der Waals surface area contributed by atoms with Crippen LogP contribution in [0.25, 0.3) is 33.9 Å². The van der Waals surface area contributed by atoms with Crippen molar-refractivity contribution in [3.05, 3.63) is 90.1 Å². The Bertz CT molecular complexity index is 1670. The summed E-state index contributed by atoms with van der Waals surface area (Å²) in [7, 11) is 0. The van der Waals surface area contributed by atoms with Gasteiger partial charge in [0.2, 0.25) is 0 Å². The number of imidazole rings is 1. The van der Waals surface area contributed by atoms with Gasteiger partial charge in [0.25, 0.3) is 0 Å². The van der Waals surface area contributed by atoms with Crippen LogP contribution in [-0.4, -0.2) is 36.8 Å². The van der Waals surface area contributed by atoms with Crippen molar-refractivity contribution in [2.75, 3.05) is 12.3 Å². The third kappa shape index (κ3) is 4.31. The molecule has 1 fully saturated rings. The van der Waals surface area contributed by atoms with E-state index >= 15 is 0 Å². The van der Waals surface area contributed by atoms with Crippen molar-refractivity contribution in [3.8, 4) is 11.4 Å². The first-order valence-electron chi connectivity index (χ1n) is 13.6. The molecule has 3 aromatic heterocycles. The fourth-order valence-corrected chi connectivity index (χ4v) is 6.11. The van der Waals surface area contributed by atoms with E-state index in [0.717, 1.165) is 59.3 Å². The van der Waals surface area contributed by atoms with Crippen LogP contribution in [0.3, 0.4) is 0 Å². The molecule has 0 spiro atoms. The van der Waals surface area contributed by atoms with Crippen LogP contribution in [0.1, 0.15) is 48.6 Å². The molecule has 1 saturated carbocycles. The lowest BCUT2D eigenvalue weighted by molar-refractivity contribution is 0.208. The van der Waals surface area contributed by atoms with Crippen LogP contribution < -0.4 is 11.1 Å². The second kappa shape index (κ2) is 9.62. The molecule has 0 radical (unpaired) electrons. The fraction of sp³-hybridized carbons (Fsp3) is 0.258. The summed E-state index contributed by atoms with van der Waals surface area (Å²) in [5, 5.41) is 4.31. The molecular formula is C31H31N7O. The second-order valence-corrected chi connectivity index (χ2v) is 10.7.